The van der Waals surface area contributed by atoms with E-state index >= 15 is 0 Å². The molecule has 2 N–H and O–H groups in total. The minimum absolute atomic E-state index is 0.437. The maximum Gasteiger partial charge on any atom is 0.102 e. The lowest BCUT2D eigenvalue weighted by molar-refractivity contribution is 0.133. The average molecular weight is 103 g/mol. The van der Waals surface area contributed by atoms with Crippen LogP contribution in [0.15, 0.2) is 12.8 Å². The SMILES string of the molecule is C=COCCNO. The zero-order valence-electron chi connectivity index (χ0n) is 4.05. The Morgan fingerprint density at radius 3 is 3.00 bits per heavy atom. The molecule has 0 rings (SSSR count). The van der Waals surface area contributed by atoms with Crippen molar-refractivity contribution in [2.24, 2.45) is 0 Å². The lowest BCUT2D eigenvalue weighted by Crippen LogP contribution is -2.13. The average Bonchev–Trinajstić information content (AvgIpc) is 1.69. The second kappa shape index (κ2) is 5.46. The highest BCUT2D eigenvalue weighted by molar-refractivity contribution is 4.48. The Bertz CT molecular complexity index is 47.0. The molecule has 0 aliphatic heterocycles. The van der Waals surface area contributed by atoms with E-state index in [-0.39, 0.29) is 0 Å². The topological polar surface area (TPSA) is 41.5 Å². The third-order valence-electron chi connectivity index (χ3n) is 0.450. The molecule has 0 aliphatic carbocycles. The van der Waals surface area contributed by atoms with Crippen molar-refractivity contribution < 1.29 is 9.94 Å². The minimum Gasteiger partial charge on any atom is -0.500 e. The van der Waals surface area contributed by atoms with Crippen LogP contribution in [-0.2, 0) is 4.74 Å². The van der Waals surface area contributed by atoms with E-state index in [1.165, 1.54) is 6.26 Å². The van der Waals surface area contributed by atoms with E-state index in [4.69, 9.17) is 5.21 Å². The maximum atomic E-state index is 7.93. The van der Waals surface area contributed by atoms with Gasteiger partial charge in [-0.3, -0.25) is 0 Å². The molecule has 0 aromatic carbocycles. The molecule has 42 valence electrons. The highest BCUT2D eigenvalue weighted by Gasteiger charge is 1.75. The van der Waals surface area contributed by atoms with Crippen LogP contribution >= 0.6 is 0 Å². The quantitative estimate of drug-likeness (QED) is 0.302. The smallest absolute Gasteiger partial charge is 0.102 e. The van der Waals surface area contributed by atoms with Gasteiger partial charge in [-0.1, -0.05) is 6.58 Å². The molecule has 0 aromatic heterocycles. The van der Waals surface area contributed by atoms with Crippen LogP contribution in [0, 0.1) is 0 Å². The first-order valence-electron chi connectivity index (χ1n) is 2.01. The fourth-order valence-corrected chi connectivity index (χ4v) is 0.188. The van der Waals surface area contributed by atoms with Crippen molar-refractivity contribution in [3.63, 3.8) is 0 Å². The van der Waals surface area contributed by atoms with Crippen molar-refractivity contribution in [1.82, 2.24) is 5.48 Å². The maximum absolute atomic E-state index is 7.93. The summed E-state index contributed by atoms with van der Waals surface area (Å²) in [5.41, 5.74) is 1.93. The Hall–Kier alpha value is -0.540. The fraction of sp³-hybridized carbons (Fsp3) is 0.500. The molecule has 0 spiro atoms. The molecule has 7 heavy (non-hydrogen) atoms. The summed E-state index contributed by atoms with van der Waals surface area (Å²) in [6.45, 7) is 4.20. The minimum atomic E-state index is 0.437. The Balaban J connectivity index is 2.56. The lowest BCUT2D eigenvalue weighted by Gasteiger charge is -1.94. The van der Waals surface area contributed by atoms with Gasteiger partial charge in [0.1, 0.15) is 6.61 Å². The molecule has 0 unspecified atom stereocenters. The summed E-state index contributed by atoms with van der Waals surface area (Å²) >= 11 is 0. The van der Waals surface area contributed by atoms with Gasteiger partial charge in [-0.25, -0.2) is 5.48 Å². The summed E-state index contributed by atoms with van der Waals surface area (Å²) in [6, 6.07) is 0. The van der Waals surface area contributed by atoms with E-state index in [0.717, 1.165) is 0 Å². The van der Waals surface area contributed by atoms with Crippen molar-refractivity contribution in [3.05, 3.63) is 12.8 Å². The number of hydrogen-bond donors (Lipinski definition) is 2. The number of hydroxylamine groups is 1. The molecule has 0 atom stereocenters. The van der Waals surface area contributed by atoms with Crippen molar-refractivity contribution in [3.8, 4) is 0 Å². The Morgan fingerprint density at radius 2 is 2.57 bits per heavy atom. The molecule has 0 fully saturated rings. The van der Waals surface area contributed by atoms with Crippen LogP contribution in [-0.4, -0.2) is 18.4 Å². The summed E-state index contributed by atoms with van der Waals surface area (Å²) in [5, 5.41) is 7.93. The summed E-state index contributed by atoms with van der Waals surface area (Å²) in [4.78, 5) is 0. The van der Waals surface area contributed by atoms with E-state index in [1.54, 1.807) is 0 Å². The Labute approximate surface area is 42.6 Å². The first-order chi connectivity index (χ1) is 3.41. The Morgan fingerprint density at radius 1 is 1.86 bits per heavy atom. The predicted octanol–water partition coefficient (Wildman–Crippen LogP) is 0.125. The first kappa shape index (κ1) is 6.46. The number of rotatable bonds is 4. The van der Waals surface area contributed by atoms with Gasteiger partial charge < -0.3 is 9.94 Å². The van der Waals surface area contributed by atoms with Crippen LogP contribution in [0.4, 0.5) is 0 Å². The lowest BCUT2D eigenvalue weighted by atomic mass is 10.7. The second-order valence-electron chi connectivity index (χ2n) is 0.946. The van der Waals surface area contributed by atoms with Crippen molar-refractivity contribution in [2.45, 2.75) is 0 Å². The molecular weight excluding hydrogens is 94.0 g/mol. The summed E-state index contributed by atoms with van der Waals surface area (Å²) in [7, 11) is 0. The van der Waals surface area contributed by atoms with Gasteiger partial charge in [-0.05, 0) is 0 Å². The van der Waals surface area contributed by atoms with E-state index in [0.29, 0.717) is 13.2 Å². The van der Waals surface area contributed by atoms with Gasteiger partial charge in [-0.2, -0.15) is 0 Å². The molecule has 0 radical (unpaired) electrons. The molecule has 0 amide bonds. The van der Waals surface area contributed by atoms with Crippen LogP contribution in [0.25, 0.3) is 0 Å². The zero-order chi connectivity index (χ0) is 5.54. The highest BCUT2D eigenvalue weighted by atomic mass is 16.5. The second-order valence-corrected chi connectivity index (χ2v) is 0.946. The molecule has 0 heterocycles. The van der Waals surface area contributed by atoms with Crippen LogP contribution < -0.4 is 5.48 Å². The van der Waals surface area contributed by atoms with E-state index in [9.17, 15) is 0 Å². The third-order valence-corrected chi connectivity index (χ3v) is 0.450. The van der Waals surface area contributed by atoms with E-state index in [2.05, 4.69) is 11.3 Å². The number of hydrogen-bond acceptors (Lipinski definition) is 3. The van der Waals surface area contributed by atoms with Gasteiger partial charge in [-0.15, -0.1) is 0 Å². The normalized spacial score (nSPS) is 8.14. The summed E-state index contributed by atoms with van der Waals surface area (Å²) in [5.74, 6) is 0. The first-order valence-corrected chi connectivity index (χ1v) is 2.01. The Kier molecular flexibility index (Phi) is 5.04. The van der Waals surface area contributed by atoms with Gasteiger partial charge in [0.15, 0.2) is 0 Å². The fourth-order valence-electron chi connectivity index (χ4n) is 0.188. The highest BCUT2D eigenvalue weighted by Crippen LogP contribution is 1.67. The van der Waals surface area contributed by atoms with Gasteiger partial charge in [0, 0.05) is 0 Å². The summed E-state index contributed by atoms with van der Waals surface area (Å²) < 4.78 is 4.62. The summed E-state index contributed by atoms with van der Waals surface area (Å²) in [6.07, 6.45) is 1.33. The van der Waals surface area contributed by atoms with Crippen LogP contribution in [0.5, 0.6) is 0 Å². The zero-order valence-corrected chi connectivity index (χ0v) is 4.05. The predicted molar refractivity (Wildman–Crippen MR) is 25.9 cm³/mol. The van der Waals surface area contributed by atoms with Crippen LogP contribution in [0.1, 0.15) is 0 Å². The van der Waals surface area contributed by atoms with Crippen LogP contribution in [0.3, 0.4) is 0 Å². The van der Waals surface area contributed by atoms with E-state index < -0.39 is 0 Å². The molecule has 0 saturated carbocycles. The van der Waals surface area contributed by atoms with Crippen molar-refractivity contribution in [2.75, 3.05) is 13.2 Å². The molecule has 0 aromatic rings. The molecule has 0 saturated heterocycles. The number of nitrogens with one attached hydrogen (secondary N) is 1. The van der Waals surface area contributed by atoms with Crippen molar-refractivity contribution >= 4 is 0 Å². The van der Waals surface area contributed by atoms with Gasteiger partial charge in [0.2, 0.25) is 0 Å². The molecule has 0 aliphatic rings. The molecule has 3 heteroatoms. The monoisotopic (exact) mass is 103 g/mol. The molecular formula is C4H9NO2. The third kappa shape index (κ3) is 5.46. The van der Waals surface area contributed by atoms with Gasteiger partial charge >= 0.3 is 0 Å². The standard InChI is InChI=1S/C4H9NO2/c1-2-7-4-3-5-6/h2,5-6H,1,3-4H2. The molecule has 0 bridgehead atoms. The molecule has 3 nitrogen and oxygen atoms in total. The van der Waals surface area contributed by atoms with Gasteiger partial charge in [0.25, 0.3) is 0 Å². The van der Waals surface area contributed by atoms with Gasteiger partial charge in [0.05, 0.1) is 12.8 Å². The van der Waals surface area contributed by atoms with E-state index in [1.807, 2.05) is 5.48 Å². The largest absolute Gasteiger partial charge is 0.500 e. The van der Waals surface area contributed by atoms with Crippen LogP contribution in [0.2, 0.25) is 0 Å². The van der Waals surface area contributed by atoms with Crippen molar-refractivity contribution in [1.29, 1.82) is 0 Å². The number of ether oxygens (including phenoxy) is 1.